The second-order valence-electron chi connectivity index (χ2n) is 5.21. The SMILES string of the molecule is CCCNc1cncc(NCC(C)(C)CCO)n1. The summed E-state index contributed by atoms with van der Waals surface area (Å²) in [7, 11) is 0. The van der Waals surface area contributed by atoms with Crippen LogP contribution in [0.5, 0.6) is 0 Å². The van der Waals surface area contributed by atoms with Gasteiger partial charge < -0.3 is 15.7 Å². The van der Waals surface area contributed by atoms with Crippen molar-refractivity contribution in [2.75, 3.05) is 30.3 Å². The summed E-state index contributed by atoms with van der Waals surface area (Å²) in [6.07, 6.45) is 5.26. The first-order valence-corrected chi connectivity index (χ1v) is 6.48. The Bertz CT molecular complexity index is 355. The summed E-state index contributed by atoms with van der Waals surface area (Å²) in [5, 5.41) is 15.4. The van der Waals surface area contributed by atoms with Gasteiger partial charge in [0.25, 0.3) is 0 Å². The van der Waals surface area contributed by atoms with Crippen molar-refractivity contribution in [3.05, 3.63) is 12.4 Å². The van der Waals surface area contributed by atoms with Crippen LogP contribution in [0.25, 0.3) is 0 Å². The van der Waals surface area contributed by atoms with Crippen LogP contribution in [-0.2, 0) is 0 Å². The number of aliphatic hydroxyl groups excluding tert-OH is 1. The van der Waals surface area contributed by atoms with Crippen molar-refractivity contribution in [3.8, 4) is 0 Å². The molecule has 0 aliphatic heterocycles. The number of hydrogen-bond donors (Lipinski definition) is 3. The molecule has 0 atom stereocenters. The molecule has 1 aromatic heterocycles. The number of nitrogens with one attached hydrogen (secondary N) is 2. The quantitative estimate of drug-likeness (QED) is 0.661. The van der Waals surface area contributed by atoms with E-state index in [1.165, 1.54) is 0 Å². The largest absolute Gasteiger partial charge is 0.396 e. The molecule has 0 saturated heterocycles. The van der Waals surface area contributed by atoms with Gasteiger partial charge in [0.1, 0.15) is 11.6 Å². The smallest absolute Gasteiger partial charge is 0.146 e. The van der Waals surface area contributed by atoms with Crippen LogP contribution in [0, 0.1) is 5.41 Å². The van der Waals surface area contributed by atoms with Crippen LogP contribution in [0.4, 0.5) is 11.6 Å². The first-order valence-electron chi connectivity index (χ1n) is 6.48. The van der Waals surface area contributed by atoms with E-state index in [1.54, 1.807) is 12.4 Å². The first-order chi connectivity index (χ1) is 8.57. The fourth-order valence-electron chi connectivity index (χ4n) is 1.51. The van der Waals surface area contributed by atoms with Gasteiger partial charge >= 0.3 is 0 Å². The van der Waals surface area contributed by atoms with Gasteiger partial charge in [0.05, 0.1) is 12.4 Å². The Morgan fingerprint density at radius 2 is 1.89 bits per heavy atom. The molecule has 0 aliphatic carbocycles. The highest BCUT2D eigenvalue weighted by Gasteiger charge is 2.16. The number of anilines is 2. The molecule has 1 heterocycles. The van der Waals surface area contributed by atoms with E-state index in [4.69, 9.17) is 5.11 Å². The van der Waals surface area contributed by atoms with Gasteiger partial charge in [-0.2, -0.15) is 0 Å². The van der Waals surface area contributed by atoms with Crippen LogP contribution in [0.1, 0.15) is 33.6 Å². The number of aliphatic hydroxyl groups is 1. The highest BCUT2D eigenvalue weighted by Crippen LogP contribution is 2.20. The van der Waals surface area contributed by atoms with Gasteiger partial charge in [-0.3, -0.25) is 4.98 Å². The highest BCUT2D eigenvalue weighted by molar-refractivity contribution is 5.41. The van der Waals surface area contributed by atoms with Crippen LogP contribution in [0.15, 0.2) is 12.4 Å². The minimum atomic E-state index is 0.0449. The molecule has 0 unspecified atom stereocenters. The molecule has 0 bridgehead atoms. The summed E-state index contributed by atoms with van der Waals surface area (Å²) < 4.78 is 0. The second kappa shape index (κ2) is 7.16. The average Bonchev–Trinajstić information content (AvgIpc) is 2.35. The third-order valence-electron chi connectivity index (χ3n) is 2.73. The van der Waals surface area contributed by atoms with Gasteiger partial charge in [0.15, 0.2) is 0 Å². The summed E-state index contributed by atoms with van der Waals surface area (Å²) in [5.41, 5.74) is 0.0449. The topological polar surface area (TPSA) is 70.1 Å². The van der Waals surface area contributed by atoms with Crippen LogP contribution < -0.4 is 10.6 Å². The molecule has 0 saturated carbocycles. The average molecular weight is 252 g/mol. The molecule has 0 aliphatic rings. The van der Waals surface area contributed by atoms with Crippen LogP contribution >= 0.6 is 0 Å². The lowest BCUT2D eigenvalue weighted by atomic mass is 9.90. The maximum Gasteiger partial charge on any atom is 0.146 e. The summed E-state index contributed by atoms with van der Waals surface area (Å²) in [4.78, 5) is 8.57. The van der Waals surface area contributed by atoms with Crippen LogP contribution in [-0.4, -0.2) is 34.8 Å². The van der Waals surface area contributed by atoms with E-state index in [9.17, 15) is 0 Å². The van der Waals surface area contributed by atoms with Crippen molar-refractivity contribution in [1.82, 2.24) is 9.97 Å². The van der Waals surface area contributed by atoms with E-state index < -0.39 is 0 Å². The lowest BCUT2D eigenvalue weighted by Crippen LogP contribution is -2.24. The Morgan fingerprint density at radius 3 is 2.50 bits per heavy atom. The van der Waals surface area contributed by atoms with E-state index in [0.717, 1.165) is 37.6 Å². The molecule has 102 valence electrons. The van der Waals surface area contributed by atoms with Crippen molar-refractivity contribution >= 4 is 11.6 Å². The number of rotatable bonds is 8. The van der Waals surface area contributed by atoms with E-state index in [0.29, 0.717) is 0 Å². The third kappa shape index (κ3) is 5.31. The van der Waals surface area contributed by atoms with Gasteiger partial charge in [0.2, 0.25) is 0 Å². The minimum absolute atomic E-state index is 0.0449. The Kier molecular flexibility index (Phi) is 5.85. The predicted molar refractivity (Wildman–Crippen MR) is 74.8 cm³/mol. The van der Waals surface area contributed by atoms with Gasteiger partial charge in [0, 0.05) is 19.7 Å². The zero-order chi connectivity index (χ0) is 13.4. The highest BCUT2D eigenvalue weighted by atomic mass is 16.3. The first kappa shape index (κ1) is 14.7. The van der Waals surface area contributed by atoms with Crippen molar-refractivity contribution in [3.63, 3.8) is 0 Å². The van der Waals surface area contributed by atoms with Crippen LogP contribution in [0.2, 0.25) is 0 Å². The Balaban J connectivity index is 2.51. The van der Waals surface area contributed by atoms with Gasteiger partial charge in [-0.05, 0) is 18.3 Å². The number of aromatic nitrogens is 2. The van der Waals surface area contributed by atoms with Crippen LogP contribution in [0.3, 0.4) is 0 Å². The third-order valence-corrected chi connectivity index (χ3v) is 2.73. The molecule has 5 nitrogen and oxygen atoms in total. The molecule has 5 heteroatoms. The monoisotopic (exact) mass is 252 g/mol. The van der Waals surface area contributed by atoms with E-state index in [-0.39, 0.29) is 12.0 Å². The lowest BCUT2D eigenvalue weighted by molar-refractivity contribution is 0.220. The van der Waals surface area contributed by atoms with Crippen molar-refractivity contribution in [1.29, 1.82) is 0 Å². The van der Waals surface area contributed by atoms with E-state index >= 15 is 0 Å². The van der Waals surface area contributed by atoms with Crippen molar-refractivity contribution in [2.45, 2.75) is 33.6 Å². The summed E-state index contributed by atoms with van der Waals surface area (Å²) in [6, 6.07) is 0. The van der Waals surface area contributed by atoms with Gasteiger partial charge in [-0.25, -0.2) is 4.98 Å². The number of hydrogen-bond acceptors (Lipinski definition) is 5. The normalized spacial score (nSPS) is 11.3. The summed E-state index contributed by atoms with van der Waals surface area (Å²) in [5.74, 6) is 1.56. The molecule has 1 rings (SSSR count). The number of nitrogens with zero attached hydrogens (tertiary/aromatic N) is 2. The molecular weight excluding hydrogens is 228 g/mol. The lowest BCUT2D eigenvalue weighted by Gasteiger charge is -2.24. The summed E-state index contributed by atoms with van der Waals surface area (Å²) in [6.45, 7) is 8.21. The van der Waals surface area contributed by atoms with Gasteiger partial charge in [-0.1, -0.05) is 20.8 Å². The molecular formula is C13H24N4O. The Morgan fingerprint density at radius 1 is 1.22 bits per heavy atom. The molecule has 3 N–H and O–H groups in total. The fraction of sp³-hybridized carbons (Fsp3) is 0.692. The maximum absolute atomic E-state index is 8.97. The second-order valence-corrected chi connectivity index (χ2v) is 5.21. The molecule has 0 amide bonds. The zero-order valence-corrected chi connectivity index (χ0v) is 11.5. The van der Waals surface area contributed by atoms with E-state index in [2.05, 4.69) is 41.4 Å². The van der Waals surface area contributed by atoms with Gasteiger partial charge in [-0.15, -0.1) is 0 Å². The predicted octanol–water partition coefficient (Wildman–Crippen LogP) is 2.12. The zero-order valence-electron chi connectivity index (χ0n) is 11.5. The molecule has 0 spiro atoms. The molecule has 0 aromatic carbocycles. The summed E-state index contributed by atoms with van der Waals surface area (Å²) >= 11 is 0. The molecule has 0 fully saturated rings. The Hall–Kier alpha value is -1.36. The molecule has 0 radical (unpaired) electrons. The molecule has 18 heavy (non-hydrogen) atoms. The Labute approximate surface area is 109 Å². The van der Waals surface area contributed by atoms with Crippen molar-refractivity contribution in [2.24, 2.45) is 5.41 Å². The van der Waals surface area contributed by atoms with Crippen molar-refractivity contribution < 1.29 is 5.11 Å². The standard InChI is InChI=1S/C13H24N4O/c1-4-6-15-11-8-14-9-12(17-11)16-10-13(2,3)5-7-18/h8-9,18H,4-7,10H2,1-3H3,(H2,15,16,17). The maximum atomic E-state index is 8.97. The van der Waals surface area contributed by atoms with E-state index in [1.807, 2.05) is 0 Å². The minimum Gasteiger partial charge on any atom is -0.396 e. The molecule has 1 aromatic rings. The fourth-order valence-corrected chi connectivity index (χ4v) is 1.51.